The van der Waals surface area contributed by atoms with Crippen molar-refractivity contribution in [2.24, 2.45) is 5.41 Å². The fourth-order valence-electron chi connectivity index (χ4n) is 3.84. The smallest absolute Gasteiger partial charge is 0.311 e. The number of alkyl halides is 3. The van der Waals surface area contributed by atoms with Gasteiger partial charge in [-0.05, 0) is 31.4 Å². The number of nitrogens with zero attached hydrogens (tertiary/aromatic N) is 1. The standard InChI is InChI=1S/C17H21F3N2O3S/c18-17(19,20)16(9-4-5-10-16)12-26(24,25)21-14-8-11-22(15(14)23)13-6-2-1-3-7-13/h1-3,6-7,14,21H,4-5,8-12H2. The zero-order valence-electron chi connectivity index (χ0n) is 14.1. The minimum atomic E-state index is -4.58. The van der Waals surface area contributed by atoms with E-state index in [4.69, 9.17) is 0 Å². The van der Waals surface area contributed by atoms with E-state index in [1.807, 2.05) is 0 Å². The Kier molecular flexibility index (Phi) is 5.04. The molecule has 1 heterocycles. The molecule has 1 N–H and O–H groups in total. The van der Waals surface area contributed by atoms with Crippen LogP contribution in [0.3, 0.4) is 0 Å². The maximum absolute atomic E-state index is 13.5. The van der Waals surface area contributed by atoms with Crippen LogP contribution in [0.1, 0.15) is 32.1 Å². The highest BCUT2D eigenvalue weighted by Gasteiger charge is 2.58. The predicted octanol–water partition coefficient (Wildman–Crippen LogP) is 2.83. The Bertz CT molecular complexity index is 759. The molecule has 2 aliphatic rings. The maximum Gasteiger partial charge on any atom is 0.395 e. The summed E-state index contributed by atoms with van der Waals surface area (Å²) >= 11 is 0. The van der Waals surface area contributed by atoms with Crippen LogP contribution in [0.25, 0.3) is 0 Å². The van der Waals surface area contributed by atoms with Crippen LogP contribution in [0.5, 0.6) is 0 Å². The Morgan fingerprint density at radius 1 is 1.15 bits per heavy atom. The molecule has 1 amide bonds. The molecule has 3 rings (SSSR count). The van der Waals surface area contributed by atoms with Crippen molar-refractivity contribution in [3.05, 3.63) is 30.3 Å². The summed E-state index contributed by atoms with van der Waals surface area (Å²) in [6, 6.07) is 7.74. The molecular formula is C17H21F3N2O3S. The Labute approximate surface area is 150 Å². The highest BCUT2D eigenvalue weighted by atomic mass is 32.2. The number of sulfonamides is 1. The van der Waals surface area contributed by atoms with E-state index >= 15 is 0 Å². The lowest BCUT2D eigenvalue weighted by molar-refractivity contribution is -0.213. The third-order valence-corrected chi connectivity index (χ3v) is 6.80. The Balaban J connectivity index is 1.71. The quantitative estimate of drug-likeness (QED) is 0.841. The number of carbonyl (C=O) groups excluding carboxylic acids is 1. The lowest BCUT2D eigenvalue weighted by atomic mass is 9.88. The molecule has 5 nitrogen and oxygen atoms in total. The van der Waals surface area contributed by atoms with E-state index < -0.39 is 39.3 Å². The molecule has 1 aromatic rings. The molecule has 26 heavy (non-hydrogen) atoms. The second kappa shape index (κ2) is 6.84. The molecule has 1 atom stereocenters. The molecule has 0 bridgehead atoms. The van der Waals surface area contributed by atoms with Crippen molar-refractivity contribution in [2.45, 2.75) is 44.3 Å². The summed E-state index contributed by atoms with van der Waals surface area (Å²) < 4.78 is 67.4. The van der Waals surface area contributed by atoms with E-state index in [0.29, 0.717) is 25.1 Å². The lowest BCUT2D eigenvalue weighted by Gasteiger charge is -2.31. The second-order valence-electron chi connectivity index (χ2n) is 7.03. The monoisotopic (exact) mass is 390 g/mol. The van der Waals surface area contributed by atoms with Gasteiger partial charge in [-0.3, -0.25) is 4.79 Å². The van der Waals surface area contributed by atoms with Gasteiger partial charge in [0.15, 0.2) is 0 Å². The number of hydrogen-bond acceptors (Lipinski definition) is 3. The minimum absolute atomic E-state index is 0.188. The highest BCUT2D eigenvalue weighted by Crippen LogP contribution is 2.51. The lowest BCUT2D eigenvalue weighted by Crippen LogP contribution is -2.48. The number of anilines is 1. The minimum Gasteiger partial charge on any atom is -0.311 e. The third-order valence-electron chi connectivity index (χ3n) is 5.22. The van der Waals surface area contributed by atoms with Crippen molar-refractivity contribution in [2.75, 3.05) is 17.2 Å². The average Bonchev–Trinajstić information content (AvgIpc) is 3.16. The van der Waals surface area contributed by atoms with Gasteiger partial charge in [-0.25, -0.2) is 13.1 Å². The largest absolute Gasteiger partial charge is 0.395 e. The van der Waals surface area contributed by atoms with Crippen LogP contribution in [0.4, 0.5) is 18.9 Å². The van der Waals surface area contributed by atoms with Gasteiger partial charge in [-0.2, -0.15) is 13.2 Å². The number of hydrogen-bond donors (Lipinski definition) is 1. The van der Waals surface area contributed by atoms with Gasteiger partial charge in [0.2, 0.25) is 15.9 Å². The van der Waals surface area contributed by atoms with Gasteiger partial charge in [0.05, 0.1) is 11.2 Å². The Hall–Kier alpha value is -1.61. The number of halogens is 3. The molecule has 2 fully saturated rings. The Morgan fingerprint density at radius 3 is 2.35 bits per heavy atom. The van der Waals surface area contributed by atoms with Gasteiger partial charge in [0, 0.05) is 12.2 Å². The van der Waals surface area contributed by atoms with Gasteiger partial charge in [0.1, 0.15) is 6.04 Å². The van der Waals surface area contributed by atoms with Crippen LogP contribution < -0.4 is 9.62 Å². The van der Waals surface area contributed by atoms with Gasteiger partial charge in [-0.15, -0.1) is 0 Å². The molecule has 1 aromatic carbocycles. The van der Waals surface area contributed by atoms with Crippen LogP contribution in [-0.4, -0.2) is 38.8 Å². The van der Waals surface area contributed by atoms with Crippen molar-refractivity contribution in [3.63, 3.8) is 0 Å². The van der Waals surface area contributed by atoms with E-state index in [1.54, 1.807) is 30.3 Å². The number of amides is 1. The first-order valence-corrected chi connectivity index (χ1v) is 10.2. The molecule has 9 heteroatoms. The highest BCUT2D eigenvalue weighted by molar-refractivity contribution is 7.89. The summed E-state index contributed by atoms with van der Waals surface area (Å²) in [6.07, 6.45) is -4.00. The van der Waals surface area contributed by atoms with Gasteiger partial charge >= 0.3 is 6.18 Å². The SMILES string of the molecule is O=C1C(NS(=O)(=O)CC2(C(F)(F)F)CCCC2)CCN1c1ccccc1. The molecule has 0 aromatic heterocycles. The second-order valence-corrected chi connectivity index (χ2v) is 8.78. The molecule has 1 saturated heterocycles. The summed E-state index contributed by atoms with van der Waals surface area (Å²) in [4.78, 5) is 13.9. The summed E-state index contributed by atoms with van der Waals surface area (Å²) in [5.41, 5.74) is -1.57. The van der Waals surface area contributed by atoms with Crippen molar-refractivity contribution in [1.29, 1.82) is 0 Å². The van der Waals surface area contributed by atoms with Crippen molar-refractivity contribution < 1.29 is 26.4 Å². The number of carbonyl (C=O) groups is 1. The molecule has 1 unspecified atom stereocenters. The van der Waals surface area contributed by atoms with E-state index in [2.05, 4.69) is 4.72 Å². The number of rotatable bonds is 5. The zero-order valence-corrected chi connectivity index (χ0v) is 14.9. The van der Waals surface area contributed by atoms with Crippen molar-refractivity contribution in [3.8, 4) is 0 Å². The molecule has 144 valence electrons. The molecular weight excluding hydrogens is 369 g/mol. The van der Waals surface area contributed by atoms with Gasteiger partial charge in [0.25, 0.3) is 0 Å². The van der Waals surface area contributed by atoms with Crippen molar-refractivity contribution >= 4 is 21.6 Å². The molecule has 0 radical (unpaired) electrons. The maximum atomic E-state index is 13.5. The molecule has 0 spiro atoms. The first-order valence-electron chi connectivity index (χ1n) is 8.57. The van der Waals surface area contributed by atoms with Crippen molar-refractivity contribution in [1.82, 2.24) is 4.72 Å². The van der Waals surface area contributed by atoms with Crippen LogP contribution in [0.15, 0.2) is 30.3 Å². The van der Waals surface area contributed by atoms with Gasteiger partial charge in [-0.1, -0.05) is 31.0 Å². The first-order chi connectivity index (χ1) is 12.1. The molecule has 1 aliphatic heterocycles. The van der Waals surface area contributed by atoms with Crippen LogP contribution in [0, 0.1) is 5.41 Å². The zero-order chi connectivity index (χ0) is 19.0. The number of para-hydroxylation sites is 1. The number of nitrogens with one attached hydrogen (secondary N) is 1. The van der Waals surface area contributed by atoms with Gasteiger partial charge < -0.3 is 4.90 Å². The summed E-state index contributed by atoms with van der Waals surface area (Å²) in [5.74, 6) is -1.45. The molecule has 1 saturated carbocycles. The normalized spacial score (nSPS) is 23.6. The number of benzene rings is 1. The topological polar surface area (TPSA) is 66.5 Å². The fraction of sp³-hybridized carbons (Fsp3) is 0.588. The van der Waals surface area contributed by atoms with Crippen LogP contribution in [0.2, 0.25) is 0 Å². The van der Waals surface area contributed by atoms with Crippen LogP contribution >= 0.6 is 0 Å². The first kappa shape index (κ1) is 19.2. The van der Waals surface area contributed by atoms with Crippen LogP contribution in [-0.2, 0) is 14.8 Å². The van der Waals surface area contributed by atoms with E-state index in [0.717, 1.165) is 0 Å². The average molecular weight is 390 g/mol. The van der Waals surface area contributed by atoms with E-state index in [1.165, 1.54) is 4.90 Å². The fourth-order valence-corrected chi connectivity index (χ4v) is 5.75. The summed E-state index contributed by atoms with van der Waals surface area (Å²) in [6.45, 7) is 0.320. The van der Waals surface area contributed by atoms with E-state index in [9.17, 15) is 26.4 Å². The third kappa shape index (κ3) is 3.73. The summed E-state index contributed by atoms with van der Waals surface area (Å²) in [7, 11) is -4.25. The Morgan fingerprint density at radius 2 is 1.77 bits per heavy atom. The summed E-state index contributed by atoms with van der Waals surface area (Å²) in [5, 5.41) is 0. The predicted molar refractivity (Wildman–Crippen MR) is 91.1 cm³/mol. The van der Waals surface area contributed by atoms with E-state index in [-0.39, 0.29) is 19.3 Å². The molecule has 1 aliphatic carbocycles.